The second kappa shape index (κ2) is 7.42. The summed E-state index contributed by atoms with van der Waals surface area (Å²) in [7, 11) is 2.02. The molecule has 3 atom stereocenters. The molecule has 0 radical (unpaired) electrons. The van der Waals surface area contributed by atoms with Crippen LogP contribution in [0.15, 0.2) is 18.2 Å². The lowest BCUT2D eigenvalue weighted by Crippen LogP contribution is -2.39. The van der Waals surface area contributed by atoms with Gasteiger partial charge in [0, 0.05) is 11.1 Å². The molecule has 1 aliphatic carbocycles. The number of nitrogens with one attached hydrogen (secondary N) is 1. The van der Waals surface area contributed by atoms with Gasteiger partial charge < -0.3 is 5.32 Å². The molecule has 1 nitrogen and oxygen atoms in total. The third-order valence-electron chi connectivity index (χ3n) is 4.66. The molecule has 1 fully saturated rings. The van der Waals surface area contributed by atoms with Gasteiger partial charge in [0.05, 0.1) is 0 Å². The van der Waals surface area contributed by atoms with Crippen LogP contribution in [-0.2, 0) is 6.42 Å². The predicted molar refractivity (Wildman–Crippen MR) is 83.7 cm³/mol. The maximum absolute atomic E-state index is 14.0. The van der Waals surface area contributed by atoms with Crippen molar-refractivity contribution in [1.82, 2.24) is 5.32 Å². The van der Waals surface area contributed by atoms with Crippen LogP contribution < -0.4 is 5.32 Å². The van der Waals surface area contributed by atoms with Crippen LogP contribution in [-0.4, -0.2) is 13.1 Å². The summed E-state index contributed by atoms with van der Waals surface area (Å²) in [4.78, 5) is 0. The monoisotopic (exact) mass is 297 g/mol. The highest BCUT2D eigenvalue weighted by atomic mass is 35.5. The maximum Gasteiger partial charge on any atom is 0.127 e. The summed E-state index contributed by atoms with van der Waals surface area (Å²) in [5.41, 5.74) is 0.803. The molecule has 3 unspecified atom stereocenters. The van der Waals surface area contributed by atoms with Crippen LogP contribution in [0.3, 0.4) is 0 Å². The van der Waals surface area contributed by atoms with Crippen molar-refractivity contribution < 1.29 is 4.39 Å². The van der Waals surface area contributed by atoms with Crippen LogP contribution in [0, 0.1) is 17.7 Å². The van der Waals surface area contributed by atoms with Gasteiger partial charge in [0.1, 0.15) is 5.82 Å². The molecule has 1 N–H and O–H groups in total. The highest BCUT2D eigenvalue weighted by Crippen LogP contribution is 2.34. The third-order valence-corrected chi connectivity index (χ3v) is 4.89. The number of benzene rings is 1. The second-order valence-corrected chi connectivity index (χ2v) is 6.50. The predicted octanol–water partition coefficient (Wildman–Crippen LogP) is 4.83. The molecule has 1 aromatic rings. The van der Waals surface area contributed by atoms with Crippen molar-refractivity contribution in [2.24, 2.45) is 11.8 Å². The van der Waals surface area contributed by atoms with E-state index in [2.05, 4.69) is 12.2 Å². The standard InChI is InChI=1S/C17H25ClFN/c1-3-4-12-5-8-17(20-2)14(9-12)10-13-6-7-15(18)11-16(13)19/h6-7,11-12,14,17,20H,3-5,8-10H2,1-2H3. The van der Waals surface area contributed by atoms with Gasteiger partial charge in [-0.2, -0.15) is 0 Å². The summed E-state index contributed by atoms with van der Waals surface area (Å²) in [6.07, 6.45) is 7.09. The smallest absolute Gasteiger partial charge is 0.127 e. The highest BCUT2D eigenvalue weighted by Gasteiger charge is 2.29. The largest absolute Gasteiger partial charge is 0.317 e. The zero-order valence-electron chi connectivity index (χ0n) is 12.5. The molecule has 0 amide bonds. The van der Waals surface area contributed by atoms with Gasteiger partial charge in [0.15, 0.2) is 0 Å². The van der Waals surface area contributed by atoms with Crippen LogP contribution in [0.2, 0.25) is 5.02 Å². The Morgan fingerprint density at radius 1 is 1.35 bits per heavy atom. The Morgan fingerprint density at radius 3 is 2.80 bits per heavy atom. The molecular formula is C17H25ClFN. The van der Waals surface area contributed by atoms with Gasteiger partial charge in [0.25, 0.3) is 0 Å². The van der Waals surface area contributed by atoms with Crippen molar-refractivity contribution in [3.05, 3.63) is 34.6 Å². The molecule has 0 aliphatic heterocycles. The maximum atomic E-state index is 14.0. The van der Waals surface area contributed by atoms with Crippen molar-refractivity contribution >= 4 is 11.6 Å². The minimum atomic E-state index is -0.162. The van der Waals surface area contributed by atoms with Crippen LogP contribution in [0.1, 0.15) is 44.6 Å². The Balaban J connectivity index is 2.07. The Kier molecular flexibility index (Phi) is 5.86. The van der Waals surface area contributed by atoms with Crippen LogP contribution in [0.5, 0.6) is 0 Å². The molecule has 0 spiro atoms. The van der Waals surface area contributed by atoms with E-state index in [0.717, 1.165) is 17.9 Å². The van der Waals surface area contributed by atoms with E-state index in [0.29, 0.717) is 17.0 Å². The van der Waals surface area contributed by atoms with Crippen LogP contribution in [0.4, 0.5) is 4.39 Å². The minimum Gasteiger partial charge on any atom is -0.317 e. The summed E-state index contributed by atoms with van der Waals surface area (Å²) in [6.45, 7) is 2.25. The zero-order chi connectivity index (χ0) is 14.5. The first kappa shape index (κ1) is 15.8. The Labute approximate surface area is 126 Å². The lowest BCUT2D eigenvalue weighted by Gasteiger charge is -2.36. The first-order valence-corrected chi connectivity index (χ1v) is 8.13. The molecule has 1 aromatic carbocycles. The fourth-order valence-corrected chi connectivity index (χ4v) is 3.77. The topological polar surface area (TPSA) is 12.0 Å². The summed E-state index contributed by atoms with van der Waals surface area (Å²) in [5.74, 6) is 1.18. The third kappa shape index (κ3) is 3.95. The van der Waals surface area contributed by atoms with E-state index in [4.69, 9.17) is 11.6 Å². The summed E-state index contributed by atoms with van der Waals surface area (Å²) in [6, 6.07) is 5.57. The van der Waals surface area contributed by atoms with E-state index in [1.807, 2.05) is 13.1 Å². The first-order valence-electron chi connectivity index (χ1n) is 7.75. The van der Waals surface area contributed by atoms with Gasteiger partial charge in [-0.3, -0.25) is 0 Å². The van der Waals surface area contributed by atoms with Gasteiger partial charge in [-0.25, -0.2) is 4.39 Å². The van der Waals surface area contributed by atoms with Crippen molar-refractivity contribution in [1.29, 1.82) is 0 Å². The molecule has 0 bridgehead atoms. The van der Waals surface area contributed by atoms with E-state index in [-0.39, 0.29) is 5.82 Å². The molecular weight excluding hydrogens is 273 g/mol. The van der Waals surface area contributed by atoms with Gasteiger partial charge >= 0.3 is 0 Å². The van der Waals surface area contributed by atoms with E-state index in [1.54, 1.807) is 6.07 Å². The average Bonchev–Trinajstić information content (AvgIpc) is 2.43. The van der Waals surface area contributed by atoms with Crippen molar-refractivity contribution in [3.63, 3.8) is 0 Å². The van der Waals surface area contributed by atoms with E-state index in [9.17, 15) is 4.39 Å². The molecule has 0 heterocycles. The lowest BCUT2D eigenvalue weighted by atomic mass is 9.74. The number of halogens is 2. The molecule has 2 rings (SSSR count). The van der Waals surface area contributed by atoms with Crippen molar-refractivity contribution in [2.45, 2.75) is 51.5 Å². The van der Waals surface area contributed by atoms with Crippen molar-refractivity contribution in [2.75, 3.05) is 7.05 Å². The average molecular weight is 298 g/mol. The summed E-state index contributed by atoms with van der Waals surface area (Å²) >= 11 is 5.83. The number of hydrogen-bond acceptors (Lipinski definition) is 1. The fraction of sp³-hybridized carbons (Fsp3) is 0.647. The van der Waals surface area contributed by atoms with Gasteiger partial charge in [-0.05, 0) is 62.3 Å². The summed E-state index contributed by atoms with van der Waals surface area (Å²) < 4.78 is 14.0. The van der Waals surface area contributed by atoms with Crippen molar-refractivity contribution in [3.8, 4) is 0 Å². The Morgan fingerprint density at radius 2 is 2.15 bits per heavy atom. The number of rotatable bonds is 5. The lowest BCUT2D eigenvalue weighted by molar-refractivity contribution is 0.199. The number of hydrogen-bond donors (Lipinski definition) is 1. The normalized spacial score (nSPS) is 26.7. The van der Waals surface area contributed by atoms with E-state index >= 15 is 0 Å². The van der Waals surface area contributed by atoms with Crippen LogP contribution >= 0.6 is 11.6 Å². The first-order chi connectivity index (χ1) is 9.63. The van der Waals surface area contributed by atoms with Gasteiger partial charge in [-0.1, -0.05) is 37.4 Å². The quantitative estimate of drug-likeness (QED) is 0.821. The molecule has 112 valence electrons. The SMILES string of the molecule is CCCC1CCC(NC)C(Cc2ccc(Cl)cc2F)C1. The molecule has 1 saturated carbocycles. The van der Waals surface area contributed by atoms with Gasteiger partial charge in [0.2, 0.25) is 0 Å². The molecule has 0 aromatic heterocycles. The second-order valence-electron chi connectivity index (χ2n) is 6.06. The molecule has 20 heavy (non-hydrogen) atoms. The Hall–Kier alpha value is -0.600. The highest BCUT2D eigenvalue weighted by molar-refractivity contribution is 6.30. The van der Waals surface area contributed by atoms with E-state index < -0.39 is 0 Å². The Bertz CT molecular complexity index is 435. The molecule has 0 saturated heterocycles. The summed E-state index contributed by atoms with van der Waals surface area (Å²) in [5, 5.41) is 3.90. The van der Waals surface area contributed by atoms with E-state index in [1.165, 1.54) is 38.2 Å². The fourth-order valence-electron chi connectivity index (χ4n) is 3.61. The molecule has 1 aliphatic rings. The molecule has 3 heteroatoms. The van der Waals surface area contributed by atoms with Gasteiger partial charge in [-0.15, -0.1) is 0 Å². The minimum absolute atomic E-state index is 0.162. The zero-order valence-corrected chi connectivity index (χ0v) is 13.2. The van der Waals surface area contributed by atoms with Crippen LogP contribution in [0.25, 0.3) is 0 Å².